The van der Waals surface area contributed by atoms with Gasteiger partial charge in [0.1, 0.15) is 6.10 Å². The Hall–Kier alpha value is -3.19. The van der Waals surface area contributed by atoms with Crippen molar-refractivity contribution in [1.29, 1.82) is 0 Å². The average molecular weight is 462 g/mol. The molecule has 1 aliphatic heterocycles. The van der Waals surface area contributed by atoms with Crippen LogP contribution >= 0.6 is 0 Å². The highest BCUT2D eigenvalue weighted by atomic mass is 16.3. The number of carbonyl (C=O) groups excluding carboxylic acids is 1. The lowest BCUT2D eigenvalue weighted by Crippen LogP contribution is -2.35. The second kappa shape index (κ2) is 12.3. The summed E-state index contributed by atoms with van der Waals surface area (Å²) in [5.41, 5.74) is 13.1. The van der Waals surface area contributed by atoms with Crippen molar-refractivity contribution in [3.63, 3.8) is 0 Å². The Morgan fingerprint density at radius 3 is 2.29 bits per heavy atom. The Kier molecular flexibility index (Phi) is 9.22. The van der Waals surface area contributed by atoms with E-state index in [0.29, 0.717) is 6.04 Å². The van der Waals surface area contributed by atoms with Gasteiger partial charge in [-0.25, -0.2) is 0 Å². The summed E-state index contributed by atoms with van der Waals surface area (Å²) in [5, 5.41) is 26.3. The van der Waals surface area contributed by atoms with Crippen molar-refractivity contribution in [3.05, 3.63) is 88.5 Å². The SMILES string of the molecule is Cc1ccc(NC2CCNCC2)c(CO)c1.Cc1ccc2c(c1)-c1ccccc1C2O.NC=O. The second-order valence-electron chi connectivity index (χ2n) is 8.70. The first-order valence-electron chi connectivity index (χ1n) is 11.7. The minimum absolute atomic E-state index is 0.106. The fourth-order valence-corrected chi connectivity index (χ4v) is 4.47. The average Bonchev–Trinajstić information content (AvgIpc) is 3.13. The van der Waals surface area contributed by atoms with E-state index in [-0.39, 0.29) is 13.0 Å². The van der Waals surface area contributed by atoms with E-state index in [0.717, 1.165) is 48.3 Å². The summed E-state index contributed by atoms with van der Waals surface area (Å²) >= 11 is 0. The topological polar surface area (TPSA) is 108 Å². The number of hydrogen-bond acceptors (Lipinski definition) is 5. The van der Waals surface area contributed by atoms with Gasteiger partial charge in [-0.05, 0) is 68.1 Å². The van der Waals surface area contributed by atoms with Crippen molar-refractivity contribution in [2.24, 2.45) is 5.73 Å². The zero-order chi connectivity index (χ0) is 24.5. The van der Waals surface area contributed by atoms with E-state index in [1.807, 2.05) is 43.3 Å². The van der Waals surface area contributed by atoms with Crippen molar-refractivity contribution in [3.8, 4) is 11.1 Å². The van der Waals surface area contributed by atoms with Gasteiger partial charge >= 0.3 is 0 Å². The van der Waals surface area contributed by atoms with Crippen molar-refractivity contribution in [2.75, 3.05) is 18.4 Å². The molecule has 6 nitrogen and oxygen atoms in total. The molecule has 0 bridgehead atoms. The molecule has 0 radical (unpaired) electrons. The van der Waals surface area contributed by atoms with E-state index < -0.39 is 6.10 Å². The molecule has 0 spiro atoms. The van der Waals surface area contributed by atoms with Gasteiger partial charge in [0.05, 0.1) is 6.61 Å². The number of nitrogens with one attached hydrogen (secondary N) is 2. The number of aliphatic hydroxyl groups excluding tert-OH is 2. The molecule has 6 N–H and O–H groups in total. The Balaban J connectivity index is 0.000000171. The third kappa shape index (κ3) is 6.23. The van der Waals surface area contributed by atoms with Gasteiger partial charge < -0.3 is 26.6 Å². The maximum absolute atomic E-state index is 10.1. The van der Waals surface area contributed by atoms with Crippen LogP contribution in [0.15, 0.2) is 60.7 Å². The largest absolute Gasteiger partial charge is 0.392 e. The van der Waals surface area contributed by atoms with Crippen molar-refractivity contribution >= 4 is 12.1 Å². The summed E-state index contributed by atoms with van der Waals surface area (Å²) in [6.45, 7) is 6.39. The summed E-state index contributed by atoms with van der Waals surface area (Å²) in [6.07, 6.45) is 2.11. The number of aliphatic hydroxyl groups is 2. The monoisotopic (exact) mass is 461 g/mol. The van der Waals surface area contributed by atoms with Gasteiger partial charge in [0.2, 0.25) is 6.41 Å². The lowest BCUT2D eigenvalue weighted by atomic mass is 10.0. The Bertz CT molecular complexity index is 1090. The first kappa shape index (κ1) is 25.4. The van der Waals surface area contributed by atoms with Crippen LogP contribution in [0.25, 0.3) is 11.1 Å². The normalized spacial score (nSPS) is 16.2. The van der Waals surface area contributed by atoms with E-state index in [4.69, 9.17) is 4.79 Å². The fraction of sp³-hybridized carbons (Fsp3) is 0.321. The number of anilines is 1. The molecule has 1 unspecified atom stereocenters. The maximum Gasteiger partial charge on any atom is 0.204 e. The van der Waals surface area contributed by atoms with Gasteiger partial charge in [-0.2, -0.15) is 0 Å². The van der Waals surface area contributed by atoms with Crippen LogP contribution in [0.2, 0.25) is 0 Å². The molecule has 1 atom stereocenters. The second-order valence-corrected chi connectivity index (χ2v) is 8.70. The van der Waals surface area contributed by atoms with E-state index in [1.54, 1.807) is 0 Å². The zero-order valence-corrected chi connectivity index (χ0v) is 19.9. The predicted molar refractivity (Wildman–Crippen MR) is 138 cm³/mol. The summed E-state index contributed by atoms with van der Waals surface area (Å²) in [7, 11) is 0. The van der Waals surface area contributed by atoms with Gasteiger partial charge in [-0.15, -0.1) is 0 Å². The number of rotatable bonds is 3. The van der Waals surface area contributed by atoms with Gasteiger partial charge in [-0.3, -0.25) is 4.79 Å². The quantitative estimate of drug-likeness (QED) is 0.381. The molecule has 6 heteroatoms. The number of hydrogen-bond donors (Lipinski definition) is 5. The number of benzene rings is 3. The first-order valence-corrected chi connectivity index (χ1v) is 11.7. The molecule has 3 aromatic carbocycles. The first-order chi connectivity index (χ1) is 16.5. The van der Waals surface area contributed by atoms with Gasteiger partial charge in [0.15, 0.2) is 0 Å². The lowest BCUT2D eigenvalue weighted by Gasteiger charge is -2.25. The van der Waals surface area contributed by atoms with Gasteiger partial charge in [-0.1, -0.05) is 65.7 Å². The molecular formula is C28H35N3O3. The molecule has 1 saturated heterocycles. The molecule has 34 heavy (non-hydrogen) atoms. The van der Waals surface area contributed by atoms with E-state index in [9.17, 15) is 10.2 Å². The minimum Gasteiger partial charge on any atom is -0.392 e. The summed E-state index contributed by atoms with van der Waals surface area (Å²) in [5.74, 6) is 0. The molecule has 180 valence electrons. The maximum atomic E-state index is 10.1. The molecule has 1 heterocycles. The molecule has 2 aliphatic rings. The molecule has 0 saturated carbocycles. The number of carbonyl (C=O) groups is 1. The smallest absolute Gasteiger partial charge is 0.204 e. The Labute approximate surface area is 201 Å². The number of nitrogens with two attached hydrogens (primary N) is 1. The Morgan fingerprint density at radius 1 is 0.971 bits per heavy atom. The minimum atomic E-state index is -0.447. The number of primary amides is 1. The highest BCUT2D eigenvalue weighted by Crippen LogP contribution is 2.43. The van der Waals surface area contributed by atoms with Crippen molar-refractivity contribution < 1.29 is 15.0 Å². The number of piperidine rings is 1. The molecule has 1 amide bonds. The van der Waals surface area contributed by atoms with E-state index in [2.05, 4.69) is 47.6 Å². The molecular weight excluding hydrogens is 426 g/mol. The third-order valence-electron chi connectivity index (χ3n) is 6.18. The number of fused-ring (bicyclic) bond motifs is 3. The van der Waals surface area contributed by atoms with Gasteiger partial charge in [0, 0.05) is 17.3 Å². The fourth-order valence-electron chi connectivity index (χ4n) is 4.47. The highest BCUT2D eigenvalue weighted by Gasteiger charge is 2.26. The van der Waals surface area contributed by atoms with E-state index >= 15 is 0 Å². The van der Waals surface area contributed by atoms with Crippen molar-refractivity contribution in [2.45, 2.75) is 45.4 Å². The third-order valence-corrected chi connectivity index (χ3v) is 6.18. The van der Waals surface area contributed by atoms with Gasteiger partial charge in [0.25, 0.3) is 0 Å². The molecule has 5 rings (SSSR count). The van der Waals surface area contributed by atoms with Crippen LogP contribution in [0.3, 0.4) is 0 Å². The lowest BCUT2D eigenvalue weighted by molar-refractivity contribution is -0.106. The number of aryl methyl sites for hydroxylation is 2. The summed E-state index contributed by atoms with van der Waals surface area (Å²) < 4.78 is 0. The summed E-state index contributed by atoms with van der Waals surface area (Å²) in [4.78, 5) is 8.58. The highest BCUT2D eigenvalue weighted by molar-refractivity contribution is 5.78. The van der Waals surface area contributed by atoms with Crippen LogP contribution in [0.1, 0.15) is 46.8 Å². The molecule has 1 fully saturated rings. The van der Waals surface area contributed by atoms with Crippen LogP contribution in [0, 0.1) is 13.8 Å². The van der Waals surface area contributed by atoms with Crippen LogP contribution < -0.4 is 16.4 Å². The molecule has 1 aliphatic carbocycles. The number of amides is 1. The van der Waals surface area contributed by atoms with E-state index in [1.165, 1.54) is 22.3 Å². The molecule has 3 aromatic rings. The zero-order valence-electron chi connectivity index (χ0n) is 19.9. The summed E-state index contributed by atoms with van der Waals surface area (Å²) in [6, 6.07) is 21.0. The Morgan fingerprint density at radius 2 is 1.59 bits per heavy atom. The van der Waals surface area contributed by atoms with Crippen LogP contribution in [0.5, 0.6) is 0 Å². The molecule has 0 aromatic heterocycles. The standard InChI is InChI=1S/C14H12O.C13H20N2O.CH3NO/c1-9-6-7-12-13(8-9)10-4-2-3-5-11(10)14(12)15;1-10-2-3-13(11(8-10)9-16)15-12-4-6-14-7-5-12;2-1-3/h2-8,14-15H,1H3;2-3,8,12,14-16H,4-7,9H2,1H3;1H,(H2,2,3). The van der Waals surface area contributed by atoms with Crippen LogP contribution in [-0.4, -0.2) is 35.8 Å². The van der Waals surface area contributed by atoms with Crippen LogP contribution in [0.4, 0.5) is 5.69 Å². The van der Waals surface area contributed by atoms with Crippen LogP contribution in [-0.2, 0) is 11.4 Å². The van der Waals surface area contributed by atoms with Crippen molar-refractivity contribution in [1.82, 2.24) is 5.32 Å². The predicted octanol–water partition coefficient (Wildman–Crippen LogP) is 3.81.